The molecular formula is C13H18ClN3O3. The van der Waals surface area contributed by atoms with Crippen molar-refractivity contribution in [2.24, 2.45) is 5.92 Å². The lowest BCUT2D eigenvalue weighted by Crippen LogP contribution is -2.33. The third kappa shape index (κ3) is 5.52. The molecule has 2 N–H and O–H groups in total. The molecule has 1 aromatic heterocycles. The zero-order chi connectivity index (χ0) is 15.1. The summed E-state index contributed by atoms with van der Waals surface area (Å²) < 4.78 is 0. The average molecular weight is 300 g/mol. The molecule has 0 fully saturated rings. The number of amides is 1. The summed E-state index contributed by atoms with van der Waals surface area (Å²) in [5, 5.41) is 11.8. The first-order chi connectivity index (χ1) is 9.40. The van der Waals surface area contributed by atoms with Crippen molar-refractivity contribution in [1.29, 1.82) is 0 Å². The van der Waals surface area contributed by atoms with E-state index in [1.807, 2.05) is 6.92 Å². The van der Waals surface area contributed by atoms with Crippen LogP contribution in [0.3, 0.4) is 0 Å². The number of hydrogen-bond acceptors (Lipinski definition) is 4. The van der Waals surface area contributed by atoms with Crippen molar-refractivity contribution in [2.75, 3.05) is 0 Å². The Hall–Kier alpha value is -1.69. The van der Waals surface area contributed by atoms with Gasteiger partial charge in [0.25, 0.3) is 5.91 Å². The number of hydrogen-bond donors (Lipinski definition) is 2. The molecule has 1 heterocycles. The van der Waals surface area contributed by atoms with Crippen LogP contribution in [0.2, 0.25) is 5.15 Å². The first kappa shape index (κ1) is 16.4. The summed E-state index contributed by atoms with van der Waals surface area (Å²) in [7, 11) is 0. The van der Waals surface area contributed by atoms with E-state index in [1.165, 1.54) is 12.4 Å². The monoisotopic (exact) mass is 299 g/mol. The molecule has 1 aromatic rings. The van der Waals surface area contributed by atoms with Crippen molar-refractivity contribution >= 4 is 23.5 Å². The topological polar surface area (TPSA) is 92.2 Å². The van der Waals surface area contributed by atoms with Crippen molar-refractivity contribution in [3.63, 3.8) is 0 Å². The van der Waals surface area contributed by atoms with E-state index in [9.17, 15) is 9.59 Å². The van der Waals surface area contributed by atoms with Crippen LogP contribution in [-0.4, -0.2) is 33.0 Å². The van der Waals surface area contributed by atoms with Crippen molar-refractivity contribution in [1.82, 2.24) is 15.3 Å². The number of aromatic nitrogens is 2. The Morgan fingerprint density at radius 1 is 1.30 bits per heavy atom. The van der Waals surface area contributed by atoms with Gasteiger partial charge in [0, 0.05) is 6.04 Å². The van der Waals surface area contributed by atoms with E-state index in [0.717, 1.165) is 6.42 Å². The smallest absolute Gasteiger partial charge is 0.306 e. The molecule has 6 nitrogen and oxygen atoms in total. The van der Waals surface area contributed by atoms with Gasteiger partial charge in [0.05, 0.1) is 18.3 Å². The van der Waals surface area contributed by atoms with Gasteiger partial charge in [-0.15, -0.1) is 0 Å². The molecule has 1 rings (SSSR count). The number of nitrogens with zero attached hydrogens (tertiary/aromatic N) is 2. The molecule has 2 unspecified atom stereocenters. The lowest BCUT2D eigenvalue weighted by atomic mass is 10.0. The van der Waals surface area contributed by atoms with Crippen molar-refractivity contribution in [2.45, 2.75) is 39.2 Å². The molecule has 0 bridgehead atoms. The minimum Gasteiger partial charge on any atom is -0.481 e. The maximum atomic E-state index is 11.8. The number of halogens is 1. The fraction of sp³-hybridized carbons (Fsp3) is 0.538. The molecule has 2 atom stereocenters. The SMILES string of the molecule is CC(CCCC(C)C(=O)O)NC(=O)c1cnc(Cl)cn1. The zero-order valence-corrected chi connectivity index (χ0v) is 12.2. The van der Waals surface area contributed by atoms with E-state index >= 15 is 0 Å². The maximum absolute atomic E-state index is 11.8. The second-order valence-electron chi connectivity index (χ2n) is 4.77. The molecular weight excluding hydrogens is 282 g/mol. The number of carbonyl (C=O) groups excluding carboxylic acids is 1. The summed E-state index contributed by atoms with van der Waals surface area (Å²) in [4.78, 5) is 30.2. The fourth-order valence-electron chi connectivity index (χ4n) is 1.65. The Morgan fingerprint density at radius 2 is 2.00 bits per heavy atom. The normalized spacial score (nSPS) is 13.6. The number of aliphatic carboxylic acids is 1. The van der Waals surface area contributed by atoms with Crippen molar-refractivity contribution in [3.05, 3.63) is 23.2 Å². The van der Waals surface area contributed by atoms with Crippen molar-refractivity contribution in [3.8, 4) is 0 Å². The predicted octanol–water partition coefficient (Wildman–Crippen LogP) is 2.14. The van der Waals surface area contributed by atoms with E-state index < -0.39 is 5.97 Å². The van der Waals surface area contributed by atoms with Crippen LogP contribution in [0.1, 0.15) is 43.6 Å². The Morgan fingerprint density at radius 3 is 2.55 bits per heavy atom. The van der Waals surface area contributed by atoms with Crippen LogP contribution in [0.5, 0.6) is 0 Å². The molecule has 0 radical (unpaired) electrons. The van der Waals surface area contributed by atoms with Gasteiger partial charge in [0.2, 0.25) is 0 Å². The first-order valence-electron chi connectivity index (χ1n) is 6.41. The molecule has 0 saturated heterocycles. The minimum atomic E-state index is -0.793. The number of carbonyl (C=O) groups is 2. The molecule has 0 aromatic carbocycles. The lowest BCUT2D eigenvalue weighted by molar-refractivity contribution is -0.141. The van der Waals surface area contributed by atoms with Crippen LogP contribution in [-0.2, 0) is 4.79 Å². The maximum Gasteiger partial charge on any atom is 0.306 e. The molecule has 0 spiro atoms. The molecule has 0 saturated carbocycles. The van der Waals surface area contributed by atoms with Crippen LogP contribution < -0.4 is 5.32 Å². The minimum absolute atomic E-state index is 0.0547. The Balaban J connectivity index is 2.35. The van der Waals surface area contributed by atoms with Gasteiger partial charge in [-0.3, -0.25) is 9.59 Å². The second-order valence-corrected chi connectivity index (χ2v) is 5.16. The number of carboxylic acid groups (broad SMARTS) is 1. The summed E-state index contributed by atoms with van der Waals surface area (Å²) in [5.74, 6) is -1.47. The third-order valence-electron chi connectivity index (χ3n) is 2.93. The Kier molecular flexibility index (Phi) is 6.38. The van der Waals surface area contributed by atoms with Gasteiger partial charge in [0.1, 0.15) is 10.8 Å². The van der Waals surface area contributed by atoms with Crippen molar-refractivity contribution < 1.29 is 14.7 Å². The first-order valence-corrected chi connectivity index (χ1v) is 6.79. The van der Waals surface area contributed by atoms with Crippen LogP contribution in [0, 0.1) is 5.92 Å². The summed E-state index contributed by atoms with van der Waals surface area (Å²) in [6.45, 7) is 3.54. The van der Waals surface area contributed by atoms with E-state index in [4.69, 9.17) is 16.7 Å². The molecule has 110 valence electrons. The fourth-order valence-corrected chi connectivity index (χ4v) is 1.75. The number of carboxylic acids is 1. The molecule has 0 aliphatic carbocycles. The number of nitrogens with one attached hydrogen (secondary N) is 1. The van der Waals surface area contributed by atoms with Crippen LogP contribution >= 0.6 is 11.6 Å². The van der Waals surface area contributed by atoms with Gasteiger partial charge >= 0.3 is 5.97 Å². The molecule has 20 heavy (non-hydrogen) atoms. The van der Waals surface area contributed by atoms with E-state index in [2.05, 4.69) is 15.3 Å². The van der Waals surface area contributed by atoms with E-state index in [0.29, 0.717) is 12.8 Å². The highest BCUT2D eigenvalue weighted by atomic mass is 35.5. The summed E-state index contributed by atoms with van der Waals surface area (Å²) in [6, 6.07) is -0.0547. The molecule has 0 aliphatic rings. The summed E-state index contributed by atoms with van der Waals surface area (Å²) >= 11 is 5.59. The highest BCUT2D eigenvalue weighted by molar-refractivity contribution is 6.29. The van der Waals surface area contributed by atoms with Gasteiger partial charge in [-0.05, 0) is 19.8 Å². The van der Waals surface area contributed by atoms with E-state index in [-0.39, 0.29) is 28.7 Å². The average Bonchev–Trinajstić information content (AvgIpc) is 2.39. The predicted molar refractivity (Wildman–Crippen MR) is 74.6 cm³/mol. The highest BCUT2D eigenvalue weighted by Gasteiger charge is 2.14. The lowest BCUT2D eigenvalue weighted by Gasteiger charge is -2.14. The Bertz CT molecular complexity index is 464. The van der Waals surface area contributed by atoms with Gasteiger partial charge in [-0.25, -0.2) is 9.97 Å². The van der Waals surface area contributed by atoms with Gasteiger partial charge in [0.15, 0.2) is 0 Å². The van der Waals surface area contributed by atoms with E-state index in [1.54, 1.807) is 6.92 Å². The quantitative estimate of drug-likeness (QED) is 0.804. The molecule has 7 heteroatoms. The standard InChI is InChI=1S/C13H18ClN3O3/c1-8(13(19)20)4-3-5-9(2)17-12(18)10-6-16-11(14)7-15-10/h6-9H,3-5H2,1-2H3,(H,17,18)(H,19,20). The molecule has 0 aliphatic heterocycles. The van der Waals surface area contributed by atoms with Gasteiger partial charge in [-0.2, -0.15) is 0 Å². The largest absolute Gasteiger partial charge is 0.481 e. The summed E-state index contributed by atoms with van der Waals surface area (Å²) in [6.07, 6.45) is 4.68. The van der Waals surface area contributed by atoms with Crippen LogP contribution in [0.25, 0.3) is 0 Å². The van der Waals surface area contributed by atoms with Crippen LogP contribution in [0.15, 0.2) is 12.4 Å². The Labute approximate surface area is 122 Å². The third-order valence-corrected chi connectivity index (χ3v) is 3.12. The molecule has 1 amide bonds. The highest BCUT2D eigenvalue weighted by Crippen LogP contribution is 2.10. The number of rotatable bonds is 7. The zero-order valence-electron chi connectivity index (χ0n) is 11.5. The van der Waals surface area contributed by atoms with Gasteiger partial charge < -0.3 is 10.4 Å². The van der Waals surface area contributed by atoms with Gasteiger partial charge in [-0.1, -0.05) is 24.9 Å². The second kappa shape index (κ2) is 7.79. The van der Waals surface area contributed by atoms with Crippen LogP contribution in [0.4, 0.5) is 0 Å². The summed E-state index contributed by atoms with van der Waals surface area (Å²) in [5.41, 5.74) is 0.208.